The largest absolute Gasteiger partial charge is 0.313 e. The average Bonchev–Trinajstić information content (AvgIpc) is 2.15. The number of hydrogen-bond donors (Lipinski definition) is 1. The van der Waals surface area contributed by atoms with Gasteiger partial charge in [0.25, 0.3) is 0 Å². The lowest BCUT2D eigenvalue weighted by atomic mass is 10.3. The molecule has 0 amide bonds. The van der Waals surface area contributed by atoms with Crippen LogP contribution in [-0.4, -0.2) is 37.1 Å². The van der Waals surface area contributed by atoms with Gasteiger partial charge in [0.05, 0.1) is 0 Å². The van der Waals surface area contributed by atoms with Gasteiger partial charge in [-0.25, -0.2) is 0 Å². The first-order chi connectivity index (χ1) is 5.33. The quantitative estimate of drug-likeness (QED) is 0.593. The molecule has 0 saturated carbocycles. The predicted octanol–water partition coefficient (Wildman–Crippen LogP) is 0.856. The van der Waals surface area contributed by atoms with Crippen molar-refractivity contribution in [1.29, 1.82) is 0 Å². The molecule has 1 heterocycles. The lowest BCUT2D eigenvalue weighted by Gasteiger charge is -2.19. The molecule has 0 radical (unpaired) electrons. The Morgan fingerprint density at radius 1 is 1.73 bits per heavy atom. The summed E-state index contributed by atoms with van der Waals surface area (Å²) in [6.45, 7) is 10.6. The van der Waals surface area contributed by atoms with Crippen LogP contribution < -0.4 is 5.32 Å². The van der Waals surface area contributed by atoms with Crippen molar-refractivity contribution in [3.63, 3.8) is 0 Å². The van der Waals surface area contributed by atoms with Gasteiger partial charge in [0.15, 0.2) is 0 Å². The van der Waals surface area contributed by atoms with Crippen molar-refractivity contribution in [2.45, 2.75) is 19.4 Å². The smallest absolute Gasteiger partial charge is 0.0166 e. The lowest BCUT2D eigenvalue weighted by molar-refractivity contribution is 0.301. The standard InChI is InChI=1S/C9H18N2/c1-3-6-11-7-4-5-10-9(2)8-11/h3,9-10H,1,4-8H2,2H3. The Bertz CT molecular complexity index is 123. The summed E-state index contributed by atoms with van der Waals surface area (Å²) >= 11 is 0. The van der Waals surface area contributed by atoms with Crippen molar-refractivity contribution in [2.75, 3.05) is 26.2 Å². The minimum Gasteiger partial charge on any atom is -0.313 e. The van der Waals surface area contributed by atoms with Gasteiger partial charge in [-0.15, -0.1) is 6.58 Å². The maximum Gasteiger partial charge on any atom is 0.0166 e. The molecule has 64 valence electrons. The highest BCUT2D eigenvalue weighted by atomic mass is 15.2. The van der Waals surface area contributed by atoms with Crippen molar-refractivity contribution >= 4 is 0 Å². The molecule has 0 aliphatic carbocycles. The van der Waals surface area contributed by atoms with Crippen LogP contribution in [0.3, 0.4) is 0 Å². The van der Waals surface area contributed by atoms with Crippen LogP contribution in [-0.2, 0) is 0 Å². The van der Waals surface area contributed by atoms with Crippen molar-refractivity contribution in [1.82, 2.24) is 10.2 Å². The monoisotopic (exact) mass is 154 g/mol. The molecule has 1 N–H and O–H groups in total. The molecular formula is C9H18N2. The molecule has 1 rings (SSSR count). The predicted molar refractivity (Wildman–Crippen MR) is 48.7 cm³/mol. The molecule has 2 nitrogen and oxygen atoms in total. The van der Waals surface area contributed by atoms with Crippen LogP contribution in [0.4, 0.5) is 0 Å². The third-order valence-corrected chi connectivity index (χ3v) is 2.06. The van der Waals surface area contributed by atoms with Crippen molar-refractivity contribution < 1.29 is 0 Å². The second-order valence-electron chi connectivity index (χ2n) is 3.26. The van der Waals surface area contributed by atoms with E-state index in [1.165, 1.54) is 13.0 Å². The Balaban J connectivity index is 2.32. The van der Waals surface area contributed by atoms with Gasteiger partial charge in [0.2, 0.25) is 0 Å². The number of hydrogen-bond acceptors (Lipinski definition) is 2. The van der Waals surface area contributed by atoms with Crippen LogP contribution in [0, 0.1) is 0 Å². The molecule has 0 spiro atoms. The molecule has 0 bridgehead atoms. The van der Waals surface area contributed by atoms with Gasteiger partial charge in [-0.05, 0) is 26.4 Å². The zero-order chi connectivity index (χ0) is 8.10. The van der Waals surface area contributed by atoms with E-state index < -0.39 is 0 Å². The summed E-state index contributed by atoms with van der Waals surface area (Å²) < 4.78 is 0. The van der Waals surface area contributed by atoms with E-state index in [1.807, 2.05) is 6.08 Å². The summed E-state index contributed by atoms with van der Waals surface area (Å²) in [6.07, 6.45) is 3.25. The van der Waals surface area contributed by atoms with Crippen LogP contribution in [0.15, 0.2) is 12.7 Å². The zero-order valence-corrected chi connectivity index (χ0v) is 7.34. The van der Waals surface area contributed by atoms with Crippen LogP contribution in [0.1, 0.15) is 13.3 Å². The molecule has 11 heavy (non-hydrogen) atoms. The Morgan fingerprint density at radius 3 is 3.27 bits per heavy atom. The summed E-state index contributed by atoms with van der Waals surface area (Å²) in [4.78, 5) is 2.44. The maximum absolute atomic E-state index is 3.75. The first kappa shape index (κ1) is 8.75. The van der Waals surface area contributed by atoms with Gasteiger partial charge in [-0.2, -0.15) is 0 Å². The summed E-state index contributed by atoms with van der Waals surface area (Å²) in [5, 5.41) is 3.46. The highest BCUT2D eigenvalue weighted by Gasteiger charge is 2.11. The molecule has 1 fully saturated rings. The van der Waals surface area contributed by atoms with Crippen LogP contribution >= 0.6 is 0 Å². The van der Waals surface area contributed by atoms with E-state index >= 15 is 0 Å². The van der Waals surface area contributed by atoms with Crippen LogP contribution in [0.2, 0.25) is 0 Å². The third kappa shape index (κ3) is 3.04. The first-order valence-corrected chi connectivity index (χ1v) is 4.39. The fourth-order valence-electron chi connectivity index (χ4n) is 1.54. The van der Waals surface area contributed by atoms with Crippen molar-refractivity contribution in [3.05, 3.63) is 12.7 Å². The summed E-state index contributed by atoms with van der Waals surface area (Å²) in [6, 6.07) is 0.637. The molecule has 2 heteroatoms. The Kier molecular flexibility index (Phi) is 3.60. The molecule has 0 aromatic rings. The van der Waals surface area contributed by atoms with E-state index in [9.17, 15) is 0 Å². The minimum absolute atomic E-state index is 0.637. The fourth-order valence-corrected chi connectivity index (χ4v) is 1.54. The summed E-state index contributed by atoms with van der Waals surface area (Å²) in [5.74, 6) is 0. The molecule has 1 atom stereocenters. The average molecular weight is 154 g/mol. The fraction of sp³-hybridized carbons (Fsp3) is 0.778. The molecular weight excluding hydrogens is 136 g/mol. The Hall–Kier alpha value is -0.340. The third-order valence-electron chi connectivity index (χ3n) is 2.06. The van der Waals surface area contributed by atoms with E-state index in [-0.39, 0.29) is 0 Å². The zero-order valence-electron chi connectivity index (χ0n) is 7.34. The van der Waals surface area contributed by atoms with E-state index in [0.29, 0.717) is 6.04 Å². The Morgan fingerprint density at radius 2 is 2.55 bits per heavy atom. The Labute approximate surface area is 69.3 Å². The molecule has 1 aliphatic rings. The number of nitrogens with zero attached hydrogens (tertiary/aromatic N) is 1. The van der Waals surface area contributed by atoms with Gasteiger partial charge in [-0.1, -0.05) is 6.08 Å². The van der Waals surface area contributed by atoms with Crippen molar-refractivity contribution in [3.8, 4) is 0 Å². The van der Waals surface area contributed by atoms with Gasteiger partial charge >= 0.3 is 0 Å². The maximum atomic E-state index is 3.75. The highest BCUT2D eigenvalue weighted by Crippen LogP contribution is 1.99. The topological polar surface area (TPSA) is 15.3 Å². The molecule has 1 aliphatic heterocycles. The first-order valence-electron chi connectivity index (χ1n) is 4.39. The highest BCUT2D eigenvalue weighted by molar-refractivity contribution is 4.78. The minimum atomic E-state index is 0.637. The van der Waals surface area contributed by atoms with Gasteiger partial charge < -0.3 is 5.32 Å². The van der Waals surface area contributed by atoms with Crippen molar-refractivity contribution in [2.24, 2.45) is 0 Å². The summed E-state index contributed by atoms with van der Waals surface area (Å²) in [7, 11) is 0. The van der Waals surface area contributed by atoms with E-state index in [1.54, 1.807) is 0 Å². The van der Waals surface area contributed by atoms with Gasteiger partial charge in [0, 0.05) is 19.1 Å². The normalized spacial score (nSPS) is 27.9. The van der Waals surface area contributed by atoms with E-state index in [2.05, 4.69) is 23.7 Å². The second kappa shape index (κ2) is 4.52. The van der Waals surface area contributed by atoms with Gasteiger partial charge in [-0.3, -0.25) is 4.90 Å². The summed E-state index contributed by atoms with van der Waals surface area (Å²) in [5.41, 5.74) is 0. The van der Waals surface area contributed by atoms with Crippen LogP contribution in [0.5, 0.6) is 0 Å². The second-order valence-corrected chi connectivity index (χ2v) is 3.26. The molecule has 1 unspecified atom stereocenters. The molecule has 0 aromatic heterocycles. The molecule has 0 aromatic carbocycles. The van der Waals surface area contributed by atoms with E-state index in [0.717, 1.165) is 19.6 Å². The number of rotatable bonds is 2. The number of nitrogens with one attached hydrogen (secondary N) is 1. The SMILES string of the molecule is C=CCN1CCCNC(C)C1. The van der Waals surface area contributed by atoms with Gasteiger partial charge in [0.1, 0.15) is 0 Å². The van der Waals surface area contributed by atoms with Crippen LogP contribution in [0.25, 0.3) is 0 Å². The van der Waals surface area contributed by atoms with E-state index in [4.69, 9.17) is 0 Å². The lowest BCUT2D eigenvalue weighted by Crippen LogP contribution is -2.35. The molecule has 1 saturated heterocycles.